The maximum Gasteiger partial charge on any atom is 0.457 e. The lowest BCUT2D eigenvalue weighted by Crippen LogP contribution is -2.57. The average Bonchev–Trinajstić information content (AvgIpc) is 1.79. The highest BCUT2D eigenvalue weighted by Gasteiger charge is 2.54. The van der Waals surface area contributed by atoms with E-state index in [0.717, 1.165) is 70.4 Å². The molecule has 12 atom stereocenters. The molecule has 0 aromatic heterocycles. The smallest absolute Gasteiger partial charge is 0.457 e. The molecule has 0 aromatic carbocycles. The van der Waals surface area contributed by atoms with E-state index in [9.17, 15) is 29.4 Å². The van der Waals surface area contributed by atoms with Gasteiger partial charge in [0.05, 0.1) is 22.4 Å². The first-order valence-corrected chi connectivity index (χ1v) is 33.8. The number of nitrogens with one attached hydrogen (secondary N) is 2. The van der Waals surface area contributed by atoms with E-state index in [-0.39, 0.29) is 114 Å². The van der Waals surface area contributed by atoms with Gasteiger partial charge in [-0.25, -0.2) is 0 Å². The highest BCUT2D eigenvalue weighted by molar-refractivity contribution is 6.45. The Morgan fingerprint density at radius 2 is 0.747 bits per heavy atom. The third-order valence-corrected chi connectivity index (χ3v) is 21.0. The van der Waals surface area contributed by atoms with Crippen molar-refractivity contribution in [3.8, 4) is 0 Å². The maximum absolute atomic E-state index is 13.1. The molecule has 21 nitrogen and oxygen atoms in total. The number of carboxylic acids is 2. The Bertz CT molecular complexity index is 2220. The van der Waals surface area contributed by atoms with Crippen LogP contribution in [0.25, 0.3) is 0 Å². The van der Waals surface area contributed by atoms with Crippen LogP contribution in [0, 0.1) is 40.4 Å². The minimum absolute atomic E-state index is 0. The summed E-state index contributed by atoms with van der Waals surface area (Å²) in [5.74, 6) is 0.312. The van der Waals surface area contributed by atoms with Crippen molar-refractivity contribution in [1.82, 2.24) is 25.3 Å². The lowest BCUT2D eigenvalue weighted by molar-refractivity contribution is -0.147. The number of nitrogens with two attached hydrogens (primary N) is 2. The van der Waals surface area contributed by atoms with Crippen LogP contribution in [-0.4, -0.2) is 202 Å². The van der Waals surface area contributed by atoms with Crippen LogP contribution in [0.4, 0.5) is 0 Å². The number of hydrogen-bond donors (Lipinski definition) is 10. The molecule has 6 rings (SSSR count). The number of carbonyl (C=O) groups excluding carboxylic acids is 2. The van der Waals surface area contributed by atoms with Crippen molar-refractivity contribution < 1.29 is 68.1 Å². The van der Waals surface area contributed by atoms with Crippen LogP contribution in [-0.2, 0) is 37.8 Å². The fraction of sp³-hybridized carbons (Fsp3) is 0.939. The fourth-order valence-corrected chi connectivity index (χ4v) is 14.6. The van der Waals surface area contributed by atoms with Gasteiger partial charge >= 0.3 is 40.4 Å². The third kappa shape index (κ3) is 25.9. The van der Waals surface area contributed by atoms with Gasteiger partial charge in [-0.3, -0.25) is 19.2 Å². The minimum Gasteiger partial charge on any atom is -0.480 e. The van der Waals surface area contributed by atoms with Gasteiger partial charge in [0.1, 0.15) is 11.1 Å². The zero-order valence-corrected chi connectivity index (χ0v) is 60.5. The molecule has 0 radical (unpaired) electrons. The van der Waals surface area contributed by atoms with Gasteiger partial charge in [-0.05, 0) is 271 Å². The van der Waals surface area contributed by atoms with Crippen molar-refractivity contribution >= 4 is 52.2 Å². The van der Waals surface area contributed by atoms with E-state index >= 15 is 0 Å². The van der Waals surface area contributed by atoms with Crippen molar-refractivity contribution in [2.24, 2.45) is 51.9 Å². The SMILES string of the molecule is C.CC1CC(CCB2OC(C)(C)C(C)(C)O2)CC(C)(C(=O)NC(C)(C)C)C1.CN(C)C1CC(CCB(O)O)CC(N)(C(=O)O)C1.CN(C)C1CC(CCB(O)O)CC(N)(C(=O)O)C1.CN(C)C1CC(CCB2OC(C)(C)C(C)(C)O2)CC(C)(C(=O)NC(C)(C)C)C1. The van der Waals surface area contributed by atoms with Crippen LogP contribution in [0.1, 0.15) is 228 Å². The van der Waals surface area contributed by atoms with E-state index < -0.39 is 37.3 Å². The molecule has 91 heavy (non-hydrogen) atoms. The molecule has 2 saturated heterocycles. The molecule has 6 aliphatic rings. The number of nitrogens with zero attached hydrogens (tertiary/aromatic N) is 3. The summed E-state index contributed by atoms with van der Waals surface area (Å²) in [6.07, 6.45) is 15.1. The van der Waals surface area contributed by atoms with Crippen LogP contribution < -0.4 is 22.1 Å². The van der Waals surface area contributed by atoms with Crippen molar-refractivity contribution in [3.05, 3.63) is 0 Å². The van der Waals surface area contributed by atoms with Crippen LogP contribution in [0.2, 0.25) is 25.3 Å². The first-order chi connectivity index (χ1) is 40.7. The quantitative estimate of drug-likeness (QED) is 0.0544. The molecule has 25 heteroatoms. The summed E-state index contributed by atoms with van der Waals surface area (Å²) < 4.78 is 24.7. The first-order valence-electron chi connectivity index (χ1n) is 33.8. The fourth-order valence-electron chi connectivity index (χ4n) is 14.6. The Hall–Kier alpha value is -2.38. The van der Waals surface area contributed by atoms with E-state index in [1.165, 1.54) is 6.42 Å². The van der Waals surface area contributed by atoms with Gasteiger partial charge in [0, 0.05) is 40.0 Å². The molecule has 528 valence electrons. The molecule has 0 bridgehead atoms. The molecule has 2 heterocycles. The second-order valence-corrected chi connectivity index (χ2v) is 34.1. The number of amides is 2. The maximum atomic E-state index is 13.1. The number of hydrogen-bond acceptors (Lipinski definition) is 17. The topological polar surface area (TPSA) is 312 Å². The largest absolute Gasteiger partial charge is 0.480 e. The molecule has 12 unspecified atom stereocenters. The molecule has 0 aromatic rings. The summed E-state index contributed by atoms with van der Waals surface area (Å²) in [5.41, 5.74) is 7.48. The van der Waals surface area contributed by atoms with Crippen LogP contribution in [0.3, 0.4) is 0 Å². The summed E-state index contributed by atoms with van der Waals surface area (Å²) in [6, 6.07) is 0.675. The molecule has 0 spiro atoms. The van der Waals surface area contributed by atoms with Crippen LogP contribution >= 0.6 is 0 Å². The monoisotopic (exact) mass is 1290 g/mol. The molecule has 4 saturated carbocycles. The van der Waals surface area contributed by atoms with Gasteiger partial charge in [-0.1, -0.05) is 53.9 Å². The zero-order chi connectivity index (χ0) is 69.4. The predicted molar refractivity (Wildman–Crippen MR) is 369 cm³/mol. The lowest BCUT2D eigenvalue weighted by atomic mass is 9.63. The standard InChI is InChI=1S/C22H43BN2O3.C21H40BNO3.2C11H23BN2O4.CH4/c1-19(2,3)24-18(26)22(8)14-16(13-17(15-22)25(9)10)11-12-23-27-20(4,5)21(6,7)28-23;1-15-12-16(10-11-22-25-19(5,6)20(7,8)26-22)14-21(9,13-15)17(24)23-18(2,3)4;2*1-14(2)9-5-8(3-4-12(17)18)6-11(13,7-9)10(15)16;/h16-17H,11-15H2,1-10H3,(H,24,26);15-16H,10-14H2,1-9H3,(H,23,24);2*8-9,17-18H,3-7,13H2,1-2H3,(H,15,16);1H4. The summed E-state index contributed by atoms with van der Waals surface area (Å²) in [6.45, 7) is 35.7. The molecule has 4 aliphatic carbocycles. The normalized spacial score (nSPS) is 32.6. The van der Waals surface area contributed by atoms with Crippen molar-refractivity contribution in [2.75, 3.05) is 42.3 Å². The predicted octanol–water partition coefficient (Wildman–Crippen LogP) is 8.31. The van der Waals surface area contributed by atoms with E-state index in [2.05, 4.69) is 147 Å². The molecule has 6 fully saturated rings. The Morgan fingerprint density at radius 3 is 1.02 bits per heavy atom. The van der Waals surface area contributed by atoms with Crippen molar-refractivity contribution in [2.45, 2.75) is 316 Å². The van der Waals surface area contributed by atoms with Gasteiger partial charge in [0.15, 0.2) is 0 Å². The van der Waals surface area contributed by atoms with E-state index in [0.29, 0.717) is 62.3 Å². The Kier molecular flexibility index (Phi) is 30.9. The lowest BCUT2D eigenvalue weighted by Gasteiger charge is -2.44. The van der Waals surface area contributed by atoms with Gasteiger partial charge in [-0.2, -0.15) is 0 Å². The average molecular weight is 1290 g/mol. The zero-order valence-electron chi connectivity index (χ0n) is 60.5. The summed E-state index contributed by atoms with van der Waals surface area (Å²) in [4.78, 5) is 54.8. The van der Waals surface area contributed by atoms with Gasteiger partial charge in [0.25, 0.3) is 0 Å². The molecule has 12 N–H and O–H groups in total. The van der Waals surface area contributed by atoms with Gasteiger partial charge in [-0.15, -0.1) is 0 Å². The molecular formula is C66H133B4N7O14. The second-order valence-electron chi connectivity index (χ2n) is 34.1. The number of aliphatic carboxylic acids is 2. The van der Waals surface area contributed by atoms with Crippen molar-refractivity contribution in [1.29, 1.82) is 0 Å². The van der Waals surface area contributed by atoms with Gasteiger partial charge in [0.2, 0.25) is 11.8 Å². The highest BCUT2D eigenvalue weighted by atomic mass is 16.7. The second kappa shape index (κ2) is 33.2. The van der Waals surface area contributed by atoms with E-state index in [4.69, 9.17) is 50.2 Å². The van der Waals surface area contributed by atoms with Crippen LogP contribution in [0.15, 0.2) is 0 Å². The molecular weight excluding hydrogens is 1160 g/mol. The molecule has 2 amide bonds. The number of carboxylic acid groups (broad SMARTS) is 2. The summed E-state index contributed by atoms with van der Waals surface area (Å²) in [5, 5.41) is 60.5. The van der Waals surface area contributed by atoms with Crippen molar-refractivity contribution in [3.63, 3.8) is 0 Å². The van der Waals surface area contributed by atoms with Gasteiger partial charge < -0.3 is 85.7 Å². The summed E-state index contributed by atoms with van der Waals surface area (Å²) >= 11 is 0. The third-order valence-electron chi connectivity index (χ3n) is 21.0. The number of rotatable bonds is 19. The van der Waals surface area contributed by atoms with E-state index in [1.54, 1.807) is 0 Å². The Balaban J connectivity index is 0.000000420. The Labute approximate surface area is 553 Å². The van der Waals surface area contributed by atoms with Crippen LogP contribution in [0.5, 0.6) is 0 Å². The van der Waals surface area contributed by atoms with E-state index in [1.807, 2.05) is 38.0 Å². The number of carbonyl (C=O) groups is 4. The minimum atomic E-state index is -1.33. The molecule has 2 aliphatic heterocycles. The summed E-state index contributed by atoms with van der Waals surface area (Å²) in [7, 11) is 8.96. The first kappa shape index (κ1) is 84.7. The highest BCUT2D eigenvalue weighted by Crippen LogP contribution is 2.48. The Morgan fingerprint density at radius 1 is 0.473 bits per heavy atom.